The predicted octanol–water partition coefficient (Wildman–Crippen LogP) is 4.29. The maximum absolute atomic E-state index is 12.7. The maximum Gasteiger partial charge on any atom is 0.257 e. The van der Waals surface area contributed by atoms with Gasteiger partial charge in [0.2, 0.25) is 0 Å². The van der Waals surface area contributed by atoms with Gasteiger partial charge in [-0.3, -0.25) is 9.48 Å². The van der Waals surface area contributed by atoms with E-state index in [9.17, 15) is 4.79 Å². The predicted molar refractivity (Wildman–Crippen MR) is 109 cm³/mol. The van der Waals surface area contributed by atoms with Crippen LogP contribution in [0.15, 0.2) is 54.6 Å². The van der Waals surface area contributed by atoms with Crippen LogP contribution in [0.5, 0.6) is 11.5 Å². The molecule has 0 aliphatic carbocycles. The number of anilines is 1. The van der Waals surface area contributed by atoms with Gasteiger partial charge in [-0.1, -0.05) is 30.3 Å². The van der Waals surface area contributed by atoms with Gasteiger partial charge in [-0.05, 0) is 44.5 Å². The van der Waals surface area contributed by atoms with Gasteiger partial charge >= 0.3 is 0 Å². The standard InChI is InChI=1S/C22H25N3O3/c1-4-27-19-12-11-18(14-20(19)28-5-2)22(26)23-21-13-16(3)25(24-21)15-17-9-7-6-8-10-17/h6-14H,4-5,15H2,1-3H3,(H,23,24,26). The van der Waals surface area contributed by atoms with E-state index in [0.29, 0.717) is 42.6 Å². The van der Waals surface area contributed by atoms with E-state index in [-0.39, 0.29) is 5.91 Å². The lowest BCUT2D eigenvalue weighted by Crippen LogP contribution is -2.13. The molecular formula is C22H25N3O3. The van der Waals surface area contributed by atoms with Crippen molar-refractivity contribution < 1.29 is 14.3 Å². The Bertz CT molecular complexity index is 935. The first-order valence-electron chi connectivity index (χ1n) is 9.40. The van der Waals surface area contributed by atoms with Gasteiger partial charge in [0.25, 0.3) is 5.91 Å². The third-order valence-electron chi connectivity index (χ3n) is 4.20. The summed E-state index contributed by atoms with van der Waals surface area (Å²) >= 11 is 0. The highest BCUT2D eigenvalue weighted by Crippen LogP contribution is 2.29. The van der Waals surface area contributed by atoms with E-state index in [4.69, 9.17) is 9.47 Å². The molecule has 0 unspecified atom stereocenters. The normalized spacial score (nSPS) is 10.5. The summed E-state index contributed by atoms with van der Waals surface area (Å²) in [6, 6.07) is 17.1. The molecule has 0 saturated carbocycles. The second-order valence-electron chi connectivity index (χ2n) is 6.30. The molecule has 0 bridgehead atoms. The molecule has 1 heterocycles. The Hall–Kier alpha value is -3.28. The highest BCUT2D eigenvalue weighted by molar-refractivity contribution is 6.04. The largest absolute Gasteiger partial charge is 0.490 e. The van der Waals surface area contributed by atoms with Crippen LogP contribution in [0.25, 0.3) is 0 Å². The highest BCUT2D eigenvalue weighted by atomic mass is 16.5. The molecule has 3 rings (SSSR count). The van der Waals surface area contributed by atoms with Crippen LogP contribution in [0.2, 0.25) is 0 Å². The van der Waals surface area contributed by atoms with Crippen LogP contribution in [-0.4, -0.2) is 28.9 Å². The van der Waals surface area contributed by atoms with Crippen molar-refractivity contribution >= 4 is 11.7 Å². The molecule has 1 N–H and O–H groups in total. The summed E-state index contributed by atoms with van der Waals surface area (Å²) in [5.41, 5.74) is 2.61. The number of nitrogens with zero attached hydrogens (tertiary/aromatic N) is 2. The first-order chi connectivity index (χ1) is 13.6. The average Bonchev–Trinajstić information content (AvgIpc) is 3.03. The van der Waals surface area contributed by atoms with Crippen molar-refractivity contribution in [2.45, 2.75) is 27.3 Å². The summed E-state index contributed by atoms with van der Waals surface area (Å²) in [6.07, 6.45) is 0. The molecular weight excluding hydrogens is 354 g/mol. The zero-order valence-corrected chi connectivity index (χ0v) is 16.4. The van der Waals surface area contributed by atoms with E-state index in [1.807, 2.05) is 49.7 Å². The molecule has 1 aromatic heterocycles. The number of carbonyl (C=O) groups is 1. The van der Waals surface area contributed by atoms with Crippen LogP contribution in [-0.2, 0) is 6.54 Å². The number of benzene rings is 2. The zero-order chi connectivity index (χ0) is 19.9. The third-order valence-corrected chi connectivity index (χ3v) is 4.20. The Labute approximate surface area is 165 Å². The first-order valence-corrected chi connectivity index (χ1v) is 9.40. The van der Waals surface area contributed by atoms with Gasteiger partial charge in [0.15, 0.2) is 17.3 Å². The minimum absolute atomic E-state index is 0.242. The second kappa shape index (κ2) is 9.08. The summed E-state index contributed by atoms with van der Waals surface area (Å²) < 4.78 is 13.0. The minimum Gasteiger partial charge on any atom is -0.490 e. The number of hydrogen-bond acceptors (Lipinski definition) is 4. The Morgan fingerprint density at radius 1 is 1.00 bits per heavy atom. The molecule has 0 spiro atoms. The molecule has 1 amide bonds. The fourth-order valence-corrected chi connectivity index (χ4v) is 2.87. The Morgan fingerprint density at radius 3 is 2.43 bits per heavy atom. The fraction of sp³-hybridized carbons (Fsp3) is 0.273. The summed E-state index contributed by atoms with van der Waals surface area (Å²) in [4.78, 5) is 12.7. The van der Waals surface area contributed by atoms with E-state index in [2.05, 4.69) is 22.5 Å². The van der Waals surface area contributed by atoms with E-state index in [0.717, 1.165) is 11.3 Å². The van der Waals surface area contributed by atoms with Crippen LogP contribution >= 0.6 is 0 Å². The van der Waals surface area contributed by atoms with Crippen LogP contribution in [0, 0.1) is 6.92 Å². The average molecular weight is 379 g/mol. The molecule has 0 radical (unpaired) electrons. The molecule has 0 aliphatic heterocycles. The molecule has 146 valence electrons. The SMILES string of the molecule is CCOc1ccc(C(=O)Nc2cc(C)n(Cc3ccccc3)n2)cc1OCC. The Morgan fingerprint density at radius 2 is 1.71 bits per heavy atom. The van der Waals surface area contributed by atoms with E-state index in [1.54, 1.807) is 18.2 Å². The number of aromatic nitrogens is 2. The van der Waals surface area contributed by atoms with E-state index >= 15 is 0 Å². The van der Waals surface area contributed by atoms with Crippen molar-refractivity contribution in [2.75, 3.05) is 18.5 Å². The lowest BCUT2D eigenvalue weighted by Gasteiger charge is -2.12. The summed E-state index contributed by atoms with van der Waals surface area (Å²) in [7, 11) is 0. The van der Waals surface area contributed by atoms with Crippen LogP contribution in [0.3, 0.4) is 0 Å². The van der Waals surface area contributed by atoms with Crippen molar-refractivity contribution in [3.63, 3.8) is 0 Å². The quantitative estimate of drug-likeness (QED) is 0.634. The number of amides is 1. The molecule has 2 aromatic carbocycles. The van der Waals surface area contributed by atoms with Crippen molar-refractivity contribution in [3.05, 3.63) is 71.4 Å². The first kappa shape index (κ1) is 19.5. The summed E-state index contributed by atoms with van der Waals surface area (Å²) in [5, 5.41) is 7.36. The van der Waals surface area contributed by atoms with E-state index < -0.39 is 0 Å². The second-order valence-corrected chi connectivity index (χ2v) is 6.30. The van der Waals surface area contributed by atoms with Gasteiger partial charge in [-0.25, -0.2) is 0 Å². The van der Waals surface area contributed by atoms with Gasteiger partial charge in [-0.2, -0.15) is 5.10 Å². The van der Waals surface area contributed by atoms with E-state index in [1.165, 1.54) is 0 Å². The number of hydrogen-bond donors (Lipinski definition) is 1. The van der Waals surface area contributed by atoms with Crippen molar-refractivity contribution in [1.82, 2.24) is 9.78 Å². The van der Waals surface area contributed by atoms with Crippen LogP contribution in [0.1, 0.15) is 35.5 Å². The molecule has 3 aromatic rings. The maximum atomic E-state index is 12.7. The van der Waals surface area contributed by atoms with Gasteiger partial charge in [0.05, 0.1) is 19.8 Å². The zero-order valence-electron chi connectivity index (χ0n) is 16.4. The van der Waals surface area contributed by atoms with Crippen molar-refractivity contribution in [2.24, 2.45) is 0 Å². The number of carbonyl (C=O) groups excluding carboxylic acids is 1. The lowest BCUT2D eigenvalue weighted by atomic mass is 10.2. The van der Waals surface area contributed by atoms with Gasteiger partial charge in [-0.15, -0.1) is 0 Å². The lowest BCUT2D eigenvalue weighted by molar-refractivity contribution is 0.102. The van der Waals surface area contributed by atoms with Crippen LogP contribution in [0.4, 0.5) is 5.82 Å². The van der Waals surface area contributed by atoms with Crippen molar-refractivity contribution in [3.8, 4) is 11.5 Å². The Kier molecular flexibility index (Phi) is 6.32. The highest BCUT2D eigenvalue weighted by Gasteiger charge is 2.14. The van der Waals surface area contributed by atoms with Gasteiger partial charge in [0.1, 0.15) is 0 Å². The molecule has 28 heavy (non-hydrogen) atoms. The third kappa shape index (κ3) is 4.71. The van der Waals surface area contributed by atoms with Crippen molar-refractivity contribution in [1.29, 1.82) is 0 Å². The number of nitrogens with one attached hydrogen (secondary N) is 1. The molecule has 0 aliphatic rings. The molecule has 0 atom stereocenters. The number of rotatable bonds is 8. The molecule has 6 heteroatoms. The van der Waals surface area contributed by atoms with Crippen LogP contribution < -0.4 is 14.8 Å². The fourth-order valence-electron chi connectivity index (χ4n) is 2.87. The summed E-state index contributed by atoms with van der Waals surface area (Å²) in [5.74, 6) is 1.46. The molecule has 0 fully saturated rings. The Balaban J connectivity index is 1.74. The topological polar surface area (TPSA) is 65.4 Å². The van der Waals surface area contributed by atoms with Gasteiger partial charge in [0, 0.05) is 17.3 Å². The summed E-state index contributed by atoms with van der Waals surface area (Å²) in [6.45, 7) is 7.45. The molecule has 0 saturated heterocycles. The number of aryl methyl sites for hydroxylation is 1. The minimum atomic E-state index is -0.242. The van der Waals surface area contributed by atoms with Gasteiger partial charge < -0.3 is 14.8 Å². The number of ether oxygens (including phenoxy) is 2. The monoisotopic (exact) mass is 379 g/mol. The molecule has 6 nitrogen and oxygen atoms in total. The smallest absolute Gasteiger partial charge is 0.257 e.